The molecule has 26 heavy (non-hydrogen) atoms. The molecule has 2 heterocycles. The minimum Gasteiger partial charge on any atom is -0.339 e. The van der Waals surface area contributed by atoms with Gasteiger partial charge in [0.2, 0.25) is 5.91 Å². The number of nitrogens with zero attached hydrogens (tertiary/aromatic N) is 2. The van der Waals surface area contributed by atoms with E-state index < -0.39 is 0 Å². The maximum absolute atomic E-state index is 13.3. The van der Waals surface area contributed by atoms with Crippen molar-refractivity contribution in [3.63, 3.8) is 0 Å². The van der Waals surface area contributed by atoms with Gasteiger partial charge in [0.05, 0.1) is 5.41 Å². The molecule has 140 valence electrons. The molecule has 0 bridgehead atoms. The van der Waals surface area contributed by atoms with Crippen LogP contribution in [-0.2, 0) is 4.79 Å². The Morgan fingerprint density at radius 3 is 2.46 bits per heavy atom. The number of hydrogen-bond donors (Lipinski definition) is 1. The summed E-state index contributed by atoms with van der Waals surface area (Å²) in [6, 6.07) is 7.74. The molecule has 0 aromatic heterocycles. The molecule has 2 saturated heterocycles. The topological polar surface area (TPSA) is 52.7 Å². The highest BCUT2D eigenvalue weighted by atomic mass is 16.2. The summed E-state index contributed by atoms with van der Waals surface area (Å²) in [6.07, 6.45) is 4.60. The molecule has 1 aromatic rings. The molecular formula is C21H29N3O2. The third-order valence-electron chi connectivity index (χ3n) is 6.62. The van der Waals surface area contributed by atoms with Crippen LogP contribution in [-0.4, -0.2) is 60.9 Å². The quantitative estimate of drug-likeness (QED) is 0.883. The van der Waals surface area contributed by atoms with Crippen LogP contribution in [0.1, 0.15) is 41.6 Å². The first-order valence-corrected chi connectivity index (χ1v) is 9.96. The second kappa shape index (κ2) is 7.03. The van der Waals surface area contributed by atoms with Crippen LogP contribution in [0.2, 0.25) is 0 Å². The molecule has 2 amide bonds. The molecule has 2 aliphatic heterocycles. The van der Waals surface area contributed by atoms with Gasteiger partial charge in [0.25, 0.3) is 5.91 Å². The van der Waals surface area contributed by atoms with Crippen molar-refractivity contribution in [1.82, 2.24) is 15.1 Å². The number of nitrogens with one attached hydrogen (secondary N) is 1. The highest BCUT2D eigenvalue weighted by molar-refractivity contribution is 5.94. The number of amides is 2. The number of hydrogen-bond acceptors (Lipinski definition) is 3. The van der Waals surface area contributed by atoms with Crippen molar-refractivity contribution in [2.45, 2.75) is 32.6 Å². The maximum atomic E-state index is 13.3. The van der Waals surface area contributed by atoms with E-state index in [9.17, 15) is 9.59 Å². The average Bonchev–Trinajstić information content (AvgIpc) is 3.13. The van der Waals surface area contributed by atoms with Gasteiger partial charge in [-0.05, 0) is 44.4 Å². The molecule has 1 saturated carbocycles. The molecule has 5 nitrogen and oxygen atoms in total. The monoisotopic (exact) mass is 355 g/mol. The van der Waals surface area contributed by atoms with Crippen LogP contribution in [0, 0.1) is 18.3 Å². The van der Waals surface area contributed by atoms with Gasteiger partial charge in [-0.3, -0.25) is 9.59 Å². The molecule has 3 fully saturated rings. The van der Waals surface area contributed by atoms with Crippen LogP contribution in [0.4, 0.5) is 0 Å². The summed E-state index contributed by atoms with van der Waals surface area (Å²) < 4.78 is 0. The zero-order valence-corrected chi connectivity index (χ0v) is 15.7. The molecule has 0 radical (unpaired) electrons. The highest BCUT2D eigenvalue weighted by Gasteiger charge is 2.51. The van der Waals surface area contributed by atoms with Crippen LogP contribution in [0.15, 0.2) is 24.3 Å². The van der Waals surface area contributed by atoms with E-state index >= 15 is 0 Å². The van der Waals surface area contributed by atoms with Gasteiger partial charge in [-0.15, -0.1) is 0 Å². The van der Waals surface area contributed by atoms with E-state index in [0.29, 0.717) is 38.0 Å². The van der Waals surface area contributed by atoms with Gasteiger partial charge in [-0.1, -0.05) is 30.5 Å². The van der Waals surface area contributed by atoms with Crippen molar-refractivity contribution in [3.05, 3.63) is 35.4 Å². The lowest BCUT2D eigenvalue weighted by Gasteiger charge is -2.43. The van der Waals surface area contributed by atoms with Crippen LogP contribution < -0.4 is 5.32 Å². The van der Waals surface area contributed by atoms with Crippen molar-refractivity contribution in [2.75, 3.05) is 39.3 Å². The molecule has 1 aliphatic carbocycles. The fraction of sp³-hybridized carbons (Fsp3) is 0.619. The first kappa shape index (κ1) is 17.5. The van der Waals surface area contributed by atoms with Gasteiger partial charge in [-0.2, -0.15) is 0 Å². The second-order valence-corrected chi connectivity index (χ2v) is 8.18. The van der Waals surface area contributed by atoms with E-state index in [4.69, 9.17) is 0 Å². The minimum atomic E-state index is -0.179. The van der Waals surface area contributed by atoms with Gasteiger partial charge in [0.15, 0.2) is 0 Å². The lowest BCUT2D eigenvalue weighted by atomic mass is 9.67. The lowest BCUT2D eigenvalue weighted by Crippen LogP contribution is -2.56. The number of aryl methyl sites for hydroxylation is 1. The molecule has 4 rings (SSSR count). The Labute approximate surface area is 155 Å². The maximum Gasteiger partial charge on any atom is 0.253 e. The Hall–Kier alpha value is -1.88. The van der Waals surface area contributed by atoms with Crippen molar-refractivity contribution in [1.29, 1.82) is 0 Å². The van der Waals surface area contributed by atoms with Gasteiger partial charge in [0, 0.05) is 38.3 Å². The smallest absolute Gasteiger partial charge is 0.253 e. The van der Waals surface area contributed by atoms with Crippen molar-refractivity contribution >= 4 is 11.8 Å². The number of carbonyl (C=O) groups is 2. The number of rotatable bonds is 2. The minimum absolute atomic E-state index is 0.0772. The molecule has 0 spiro atoms. The van der Waals surface area contributed by atoms with E-state index in [1.54, 1.807) is 0 Å². The summed E-state index contributed by atoms with van der Waals surface area (Å²) in [6.45, 7) is 6.42. The largest absolute Gasteiger partial charge is 0.339 e. The van der Waals surface area contributed by atoms with E-state index in [2.05, 4.69) is 5.32 Å². The normalized spacial score (nSPS) is 28.7. The van der Waals surface area contributed by atoms with Gasteiger partial charge >= 0.3 is 0 Å². The lowest BCUT2D eigenvalue weighted by molar-refractivity contribution is -0.146. The Bertz CT molecular complexity index is 679. The van der Waals surface area contributed by atoms with E-state index in [1.165, 1.54) is 12.8 Å². The number of benzene rings is 1. The van der Waals surface area contributed by atoms with Gasteiger partial charge in [0.1, 0.15) is 0 Å². The molecule has 1 N–H and O–H groups in total. The molecule has 5 heteroatoms. The van der Waals surface area contributed by atoms with Gasteiger partial charge < -0.3 is 15.1 Å². The second-order valence-electron chi connectivity index (χ2n) is 8.18. The van der Waals surface area contributed by atoms with E-state index in [-0.39, 0.29) is 11.3 Å². The Morgan fingerprint density at radius 2 is 1.73 bits per heavy atom. The standard InChI is InChI=1S/C21H29N3O2/c1-16-5-7-17(8-6-16)19(25)23-10-12-24(13-11-23)20(26)21-9-3-2-4-18(21)14-22-15-21/h5-8,18,22H,2-4,9-15H2,1H3/t18-,21+/m0/s1. The molecule has 0 unspecified atom stereocenters. The van der Waals surface area contributed by atoms with Crippen molar-refractivity contribution < 1.29 is 9.59 Å². The molecule has 2 atom stereocenters. The Balaban J connectivity index is 1.39. The zero-order chi connectivity index (χ0) is 18.1. The average molecular weight is 355 g/mol. The van der Waals surface area contributed by atoms with Crippen LogP contribution in [0.5, 0.6) is 0 Å². The third kappa shape index (κ3) is 3.02. The fourth-order valence-corrected chi connectivity index (χ4v) is 4.97. The Kier molecular flexibility index (Phi) is 4.74. The highest BCUT2D eigenvalue weighted by Crippen LogP contribution is 2.45. The van der Waals surface area contributed by atoms with Crippen LogP contribution >= 0.6 is 0 Å². The Morgan fingerprint density at radius 1 is 1.04 bits per heavy atom. The van der Waals surface area contributed by atoms with E-state index in [1.807, 2.05) is 41.0 Å². The number of piperazine rings is 1. The first-order chi connectivity index (χ1) is 12.6. The number of fused-ring (bicyclic) bond motifs is 1. The third-order valence-corrected chi connectivity index (χ3v) is 6.62. The fourth-order valence-electron chi connectivity index (χ4n) is 4.97. The van der Waals surface area contributed by atoms with Crippen molar-refractivity contribution in [2.24, 2.45) is 11.3 Å². The SMILES string of the molecule is Cc1ccc(C(=O)N2CCN(C(=O)[C@@]34CCCC[C@H]3CNC4)CC2)cc1. The zero-order valence-electron chi connectivity index (χ0n) is 15.7. The predicted octanol–water partition coefficient (Wildman–Crippen LogP) is 2.06. The summed E-state index contributed by atoms with van der Waals surface area (Å²) >= 11 is 0. The molecular weight excluding hydrogens is 326 g/mol. The summed E-state index contributed by atoms with van der Waals surface area (Å²) in [5.41, 5.74) is 1.71. The summed E-state index contributed by atoms with van der Waals surface area (Å²) in [5, 5.41) is 3.47. The predicted molar refractivity (Wildman–Crippen MR) is 101 cm³/mol. The first-order valence-electron chi connectivity index (χ1n) is 9.96. The van der Waals surface area contributed by atoms with Crippen LogP contribution in [0.25, 0.3) is 0 Å². The molecule has 1 aromatic carbocycles. The van der Waals surface area contributed by atoms with Gasteiger partial charge in [-0.25, -0.2) is 0 Å². The summed E-state index contributed by atoms with van der Waals surface area (Å²) in [5.74, 6) is 0.902. The molecule has 3 aliphatic rings. The number of carbonyl (C=O) groups excluding carboxylic acids is 2. The summed E-state index contributed by atoms with van der Waals surface area (Å²) in [7, 11) is 0. The summed E-state index contributed by atoms with van der Waals surface area (Å²) in [4.78, 5) is 29.9. The van der Waals surface area contributed by atoms with Crippen LogP contribution in [0.3, 0.4) is 0 Å². The van der Waals surface area contributed by atoms with E-state index in [0.717, 1.165) is 37.1 Å². The van der Waals surface area contributed by atoms with Crippen molar-refractivity contribution in [3.8, 4) is 0 Å².